The van der Waals surface area contributed by atoms with Gasteiger partial charge in [0.15, 0.2) is 0 Å². The fourth-order valence-corrected chi connectivity index (χ4v) is 4.20. The molecule has 1 amide bonds. The number of benzene rings is 1. The second-order valence-corrected chi connectivity index (χ2v) is 7.29. The zero-order chi connectivity index (χ0) is 16.5. The molecule has 0 spiro atoms. The SMILES string of the molecule is Cc1cc(C(=O)N2CCCCC2)c2cccc(-c3cccs3)c2n1. The molecule has 3 aromatic rings. The van der Waals surface area contributed by atoms with Crippen molar-refractivity contribution >= 4 is 28.1 Å². The molecule has 1 aliphatic heterocycles. The van der Waals surface area contributed by atoms with Gasteiger partial charge in [-0.3, -0.25) is 9.78 Å². The number of piperidine rings is 1. The van der Waals surface area contributed by atoms with Gasteiger partial charge in [-0.2, -0.15) is 0 Å². The predicted molar refractivity (Wildman–Crippen MR) is 99.5 cm³/mol. The van der Waals surface area contributed by atoms with Crippen molar-refractivity contribution in [2.24, 2.45) is 0 Å². The maximum Gasteiger partial charge on any atom is 0.254 e. The number of pyridine rings is 1. The van der Waals surface area contributed by atoms with Gasteiger partial charge in [0.05, 0.1) is 11.1 Å². The predicted octanol–water partition coefficient (Wildman–Crippen LogP) is 4.90. The number of aromatic nitrogens is 1. The average Bonchev–Trinajstić information content (AvgIpc) is 3.15. The summed E-state index contributed by atoms with van der Waals surface area (Å²) in [4.78, 5) is 21.0. The second kappa shape index (κ2) is 6.36. The summed E-state index contributed by atoms with van der Waals surface area (Å²) in [5.41, 5.74) is 3.73. The van der Waals surface area contributed by atoms with Crippen molar-refractivity contribution in [1.82, 2.24) is 9.88 Å². The molecule has 0 aliphatic carbocycles. The minimum atomic E-state index is 0.147. The number of aryl methyl sites for hydroxylation is 1. The fourth-order valence-electron chi connectivity index (χ4n) is 3.45. The van der Waals surface area contributed by atoms with Crippen LogP contribution in [0.15, 0.2) is 41.8 Å². The van der Waals surface area contributed by atoms with Gasteiger partial charge in [0, 0.05) is 34.6 Å². The zero-order valence-corrected chi connectivity index (χ0v) is 14.6. The van der Waals surface area contributed by atoms with Gasteiger partial charge in [0.1, 0.15) is 0 Å². The number of carbonyl (C=O) groups excluding carboxylic acids is 1. The molecule has 3 heterocycles. The van der Waals surface area contributed by atoms with E-state index in [1.165, 1.54) is 11.3 Å². The summed E-state index contributed by atoms with van der Waals surface area (Å²) in [5.74, 6) is 0.147. The first-order chi connectivity index (χ1) is 11.7. The van der Waals surface area contributed by atoms with E-state index < -0.39 is 0 Å². The fraction of sp³-hybridized carbons (Fsp3) is 0.300. The van der Waals surface area contributed by atoms with Gasteiger partial charge < -0.3 is 4.90 Å². The molecule has 0 unspecified atom stereocenters. The summed E-state index contributed by atoms with van der Waals surface area (Å²) in [6.45, 7) is 3.70. The van der Waals surface area contributed by atoms with Crippen LogP contribution in [0, 0.1) is 6.92 Å². The molecule has 1 aliphatic rings. The van der Waals surface area contributed by atoms with Crippen LogP contribution >= 0.6 is 11.3 Å². The van der Waals surface area contributed by atoms with Crippen LogP contribution in [0.5, 0.6) is 0 Å². The lowest BCUT2D eigenvalue weighted by molar-refractivity contribution is 0.0726. The molecule has 1 saturated heterocycles. The van der Waals surface area contributed by atoms with E-state index in [1.807, 2.05) is 30.0 Å². The molecule has 2 aromatic heterocycles. The van der Waals surface area contributed by atoms with Crippen LogP contribution in [0.2, 0.25) is 0 Å². The first-order valence-electron chi connectivity index (χ1n) is 8.47. The minimum Gasteiger partial charge on any atom is -0.339 e. The highest BCUT2D eigenvalue weighted by Gasteiger charge is 2.21. The maximum absolute atomic E-state index is 13.1. The molecule has 0 bridgehead atoms. The number of para-hydroxylation sites is 1. The summed E-state index contributed by atoms with van der Waals surface area (Å²) in [6.07, 6.45) is 3.44. The lowest BCUT2D eigenvalue weighted by atomic mass is 10.0. The standard InChI is InChI=1S/C20H20N2OS/c1-14-13-17(20(23)22-10-3-2-4-11-22)15-7-5-8-16(19(15)21-14)18-9-6-12-24-18/h5-9,12-13H,2-4,10-11H2,1H3. The molecule has 1 fully saturated rings. The van der Waals surface area contributed by atoms with Gasteiger partial charge in [-0.15, -0.1) is 11.3 Å². The number of likely N-dealkylation sites (tertiary alicyclic amines) is 1. The lowest BCUT2D eigenvalue weighted by Gasteiger charge is -2.27. The van der Waals surface area contributed by atoms with Crippen molar-refractivity contribution in [1.29, 1.82) is 0 Å². The van der Waals surface area contributed by atoms with Crippen LogP contribution in [0.4, 0.5) is 0 Å². The van der Waals surface area contributed by atoms with Crippen LogP contribution < -0.4 is 0 Å². The Morgan fingerprint density at radius 3 is 2.71 bits per heavy atom. The summed E-state index contributed by atoms with van der Waals surface area (Å²) >= 11 is 1.70. The Morgan fingerprint density at radius 2 is 1.96 bits per heavy atom. The van der Waals surface area contributed by atoms with Crippen LogP contribution in [0.1, 0.15) is 35.3 Å². The number of amides is 1. The van der Waals surface area contributed by atoms with Crippen molar-refractivity contribution in [2.45, 2.75) is 26.2 Å². The molecule has 0 radical (unpaired) electrons. The molecule has 0 N–H and O–H groups in total. The summed E-state index contributed by atoms with van der Waals surface area (Å²) in [5, 5.41) is 3.03. The summed E-state index contributed by atoms with van der Waals surface area (Å²) in [6, 6.07) is 12.2. The van der Waals surface area contributed by atoms with Crippen LogP contribution in [0.25, 0.3) is 21.3 Å². The van der Waals surface area contributed by atoms with Gasteiger partial charge in [0.25, 0.3) is 5.91 Å². The van der Waals surface area contributed by atoms with E-state index >= 15 is 0 Å². The molecular formula is C20H20N2OS. The number of rotatable bonds is 2. The zero-order valence-electron chi connectivity index (χ0n) is 13.8. The first-order valence-corrected chi connectivity index (χ1v) is 9.35. The topological polar surface area (TPSA) is 33.2 Å². The Kier molecular flexibility index (Phi) is 4.07. The Hall–Kier alpha value is -2.20. The Balaban J connectivity index is 1.87. The molecule has 122 valence electrons. The maximum atomic E-state index is 13.1. The molecule has 1 aromatic carbocycles. The number of carbonyl (C=O) groups is 1. The summed E-state index contributed by atoms with van der Waals surface area (Å²) < 4.78 is 0. The number of hydrogen-bond acceptors (Lipinski definition) is 3. The molecule has 0 atom stereocenters. The van der Waals surface area contributed by atoms with E-state index in [4.69, 9.17) is 4.98 Å². The van der Waals surface area contributed by atoms with Crippen molar-refractivity contribution < 1.29 is 4.79 Å². The summed E-state index contributed by atoms with van der Waals surface area (Å²) in [7, 11) is 0. The Bertz CT molecular complexity index is 880. The van der Waals surface area contributed by atoms with E-state index in [1.54, 1.807) is 11.3 Å². The monoisotopic (exact) mass is 336 g/mol. The Morgan fingerprint density at radius 1 is 1.12 bits per heavy atom. The number of fused-ring (bicyclic) bond motifs is 1. The van der Waals surface area contributed by atoms with Gasteiger partial charge in [-0.1, -0.05) is 24.3 Å². The highest BCUT2D eigenvalue weighted by atomic mass is 32.1. The smallest absolute Gasteiger partial charge is 0.254 e. The van der Waals surface area contributed by atoms with Gasteiger partial charge in [0.2, 0.25) is 0 Å². The number of hydrogen-bond donors (Lipinski definition) is 0. The number of nitrogens with zero attached hydrogens (tertiary/aromatic N) is 2. The van der Waals surface area contributed by atoms with Gasteiger partial charge >= 0.3 is 0 Å². The van der Waals surface area contributed by atoms with E-state index in [2.05, 4.69) is 23.6 Å². The third kappa shape index (κ3) is 2.71. The van der Waals surface area contributed by atoms with Gasteiger partial charge in [-0.25, -0.2) is 0 Å². The molecule has 0 saturated carbocycles. The quantitative estimate of drug-likeness (QED) is 0.667. The third-order valence-corrected chi connectivity index (χ3v) is 5.53. The van der Waals surface area contributed by atoms with Crippen molar-refractivity contribution in [3.8, 4) is 10.4 Å². The van der Waals surface area contributed by atoms with E-state index in [9.17, 15) is 4.79 Å². The van der Waals surface area contributed by atoms with Crippen LogP contribution in [0.3, 0.4) is 0 Å². The van der Waals surface area contributed by atoms with Gasteiger partial charge in [-0.05, 0) is 43.7 Å². The minimum absolute atomic E-state index is 0.147. The lowest BCUT2D eigenvalue weighted by Crippen LogP contribution is -2.35. The number of thiophene rings is 1. The molecule has 24 heavy (non-hydrogen) atoms. The third-order valence-electron chi connectivity index (χ3n) is 4.63. The first kappa shape index (κ1) is 15.3. The van der Waals surface area contributed by atoms with E-state index in [0.29, 0.717) is 0 Å². The second-order valence-electron chi connectivity index (χ2n) is 6.34. The Labute approximate surface area is 146 Å². The van der Waals surface area contributed by atoms with E-state index in [0.717, 1.165) is 53.7 Å². The van der Waals surface area contributed by atoms with Crippen molar-refractivity contribution in [2.75, 3.05) is 13.1 Å². The van der Waals surface area contributed by atoms with Crippen molar-refractivity contribution in [3.05, 3.63) is 53.0 Å². The van der Waals surface area contributed by atoms with Crippen molar-refractivity contribution in [3.63, 3.8) is 0 Å². The molecule has 3 nitrogen and oxygen atoms in total. The van der Waals surface area contributed by atoms with Crippen LogP contribution in [-0.2, 0) is 0 Å². The normalized spacial score (nSPS) is 15.0. The highest BCUT2D eigenvalue weighted by molar-refractivity contribution is 7.13. The highest BCUT2D eigenvalue weighted by Crippen LogP contribution is 2.32. The average molecular weight is 336 g/mol. The molecular weight excluding hydrogens is 316 g/mol. The largest absolute Gasteiger partial charge is 0.339 e. The van der Waals surface area contributed by atoms with E-state index in [-0.39, 0.29) is 5.91 Å². The molecule has 4 rings (SSSR count). The molecule has 4 heteroatoms. The van der Waals surface area contributed by atoms with Crippen LogP contribution in [-0.4, -0.2) is 28.9 Å².